The van der Waals surface area contributed by atoms with Crippen LogP contribution in [0.2, 0.25) is 0 Å². The zero-order valence-corrected chi connectivity index (χ0v) is 9.63. The van der Waals surface area contributed by atoms with Crippen molar-refractivity contribution in [1.82, 2.24) is 15.2 Å². The molecule has 0 aliphatic carbocycles. The zero-order valence-electron chi connectivity index (χ0n) is 9.63. The molecule has 0 aliphatic heterocycles. The predicted molar refractivity (Wildman–Crippen MR) is 68.3 cm³/mol. The molecule has 0 fully saturated rings. The average Bonchev–Trinajstić information content (AvgIpc) is 2.87. The van der Waals surface area contributed by atoms with Crippen molar-refractivity contribution in [3.63, 3.8) is 0 Å². The predicted octanol–water partition coefficient (Wildman–Crippen LogP) is 2.21. The van der Waals surface area contributed by atoms with Crippen molar-refractivity contribution in [1.29, 1.82) is 0 Å². The number of hydrogen-bond acceptors (Lipinski definition) is 4. The molecular formula is C13H12N4O. The van der Waals surface area contributed by atoms with Gasteiger partial charge in [-0.1, -0.05) is 6.07 Å². The highest BCUT2D eigenvalue weighted by Gasteiger charge is 2.01. The van der Waals surface area contributed by atoms with Crippen molar-refractivity contribution in [3.8, 4) is 11.6 Å². The van der Waals surface area contributed by atoms with E-state index < -0.39 is 0 Å². The Balaban J connectivity index is 1.85. The number of nitrogens with zero attached hydrogens (tertiary/aromatic N) is 2. The van der Waals surface area contributed by atoms with Gasteiger partial charge in [-0.25, -0.2) is 4.98 Å². The first kappa shape index (κ1) is 10.7. The third-order valence-electron chi connectivity index (χ3n) is 2.67. The lowest BCUT2D eigenvalue weighted by Crippen LogP contribution is -1.97. The molecule has 5 nitrogen and oxygen atoms in total. The van der Waals surface area contributed by atoms with Crippen molar-refractivity contribution < 1.29 is 4.74 Å². The van der Waals surface area contributed by atoms with E-state index in [1.165, 1.54) is 0 Å². The zero-order chi connectivity index (χ0) is 12.4. The number of aromatic nitrogens is 3. The smallest absolute Gasteiger partial charge is 0.219 e. The number of rotatable bonds is 3. The Hall–Kier alpha value is -2.40. The molecule has 0 bridgehead atoms. The molecule has 2 heterocycles. The second kappa shape index (κ2) is 4.46. The van der Waals surface area contributed by atoms with Crippen LogP contribution in [-0.4, -0.2) is 15.2 Å². The fourth-order valence-corrected chi connectivity index (χ4v) is 1.69. The number of benzene rings is 1. The number of pyridine rings is 1. The molecule has 0 spiro atoms. The fraction of sp³-hybridized carbons (Fsp3) is 0.0769. The lowest BCUT2D eigenvalue weighted by Gasteiger charge is -2.05. The van der Waals surface area contributed by atoms with Gasteiger partial charge in [-0.3, -0.25) is 5.10 Å². The largest absolute Gasteiger partial charge is 0.439 e. The second-order valence-corrected chi connectivity index (χ2v) is 3.93. The van der Waals surface area contributed by atoms with Gasteiger partial charge in [0.15, 0.2) is 0 Å². The van der Waals surface area contributed by atoms with Crippen LogP contribution in [0.1, 0.15) is 5.56 Å². The van der Waals surface area contributed by atoms with Gasteiger partial charge >= 0.3 is 0 Å². The normalized spacial score (nSPS) is 10.7. The van der Waals surface area contributed by atoms with Crippen molar-refractivity contribution in [2.45, 2.75) is 6.54 Å². The molecule has 90 valence electrons. The third kappa shape index (κ3) is 2.03. The molecule has 0 atom stereocenters. The molecule has 3 rings (SSSR count). The van der Waals surface area contributed by atoms with Crippen LogP contribution >= 0.6 is 0 Å². The van der Waals surface area contributed by atoms with Crippen LogP contribution in [0.5, 0.6) is 11.6 Å². The molecule has 0 saturated heterocycles. The summed E-state index contributed by atoms with van der Waals surface area (Å²) >= 11 is 0. The van der Waals surface area contributed by atoms with E-state index in [1.807, 2.05) is 24.3 Å². The third-order valence-corrected chi connectivity index (χ3v) is 2.67. The Morgan fingerprint density at radius 1 is 1.17 bits per heavy atom. The first-order chi connectivity index (χ1) is 8.85. The van der Waals surface area contributed by atoms with Crippen molar-refractivity contribution in [3.05, 3.63) is 48.3 Å². The first-order valence-corrected chi connectivity index (χ1v) is 5.61. The summed E-state index contributed by atoms with van der Waals surface area (Å²) in [5, 5.41) is 7.91. The molecule has 1 aromatic carbocycles. The van der Waals surface area contributed by atoms with Crippen LogP contribution in [0.25, 0.3) is 10.9 Å². The molecule has 2 aromatic heterocycles. The highest BCUT2D eigenvalue weighted by Crippen LogP contribution is 2.23. The molecular weight excluding hydrogens is 228 g/mol. The number of aromatic amines is 1. The lowest BCUT2D eigenvalue weighted by molar-refractivity contribution is 0.463. The molecule has 0 aliphatic rings. The average molecular weight is 240 g/mol. The molecule has 5 heteroatoms. The van der Waals surface area contributed by atoms with Gasteiger partial charge in [-0.15, -0.1) is 0 Å². The summed E-state index contributed by atoms with van der Waals surface area (Å²) in [6.45, 7) is 0.480. The standard InChI is InChI=1S/C13H12N4O/c14-6-9-1-4-13(15-7-9)18-11-3-2-10-8-16-17-12(10)5-11/h1-5,7-8H,6,14H2,(H,16,17). The highest BCUT2D eigenvalue weighted by atomic mass is 16.5. The van der Waals surface area contributed by atoms with Gasteiger partial charge in [-0.05, 0) is 17.7 Å². The number of nitrogens with two attached hydrogens (primary N) is 1. The van der Waals surface area contributed by atoms with E-state index in [0.717, 1.165) is 22.2 Å². The Morgan fingerprint density at radius 3 is 2.89 bits per heavy atom. The minimum absolute atomic E-state index is 0.480. The van der Waals surface area contributed by atoms with Crippen molar-refractivity contribution >= 4 is 10.9 Å². The van der Waals surface area contributed by atoms with Crippen molar-refractivity contribution in [2.75, 3.05) is 0 Å². The summed E-state index contributed by atoms with van der Waals surface area (Å²) in [5.74, 6) is 1.27. The monoisotopic (exact) mass is 240 g/mol. The summed E-state index contributed by atoms with van der Waals surface area (Å²) in [4.78, 5) is 4.18. The van der Waals surface area contributed by atoms with Gasteiger partial charge in [0.05, 0.1) is 11.7 Å². The topological polar surface area (TPSA) is 76.8 Å². The Labute approximate surface area is 104 Å². The van der Waals surface area contributed by atoms with Gasteiger partial charge in [0.1, 0.15) is 5.75 Å². The van der Waals surface area contributed by atoms with Gasteiger partial charge in [0, 0.05) is 30.3 Å². The molecule has 0 saturated carbocycles. The van der Waals surface area contributed by atoms with Gasteiger partial charge in [0.25, 0.3) is 0 Å². The van der Waals surface area contributed by atoms with Crippen LogP contribution in [0, 0.1) is 0 Å². The second-order valence-electron chi connectivity index (χ2n) is 3.93. The number of H-pyrrole nitrogens is 1. The SMILES string of the molecule is NCc1ccc(Oc2ccc3cn[nH]c3c2)nc1. The van der Waals surface area contributed by atoms with E-state index in [9.17, 15) is 0 Å². The van der Waals surface area contributed by atoms with Crippen molar-refractivity contribution in [2.24, 2.45) is 5.73 Å². The first-order valence-electron chi connectivity index (χ1n) is 5.61. The van der Waals surface area contributed by atoms with Crippen LogP contribution in [0.15, 0.2) is 42.7 Å². The number of hydrogen-bond donors (Lipinski definition) is 2. The maximum absolute atomic E-state index is 5.66. The summed E-state index contributed by atoms with van der Waals surface area (Å²) in [7, 11) is 0. The maximum atomic E-state index is 5.66. The summed E-state index contributed by atoms with van der Waals surface area (Å²) in [5.41, 5.74) is 7.43. The Bertz CT molecular complexity index is 660. The quantitative estimate of drug-likeness (QED) is 0.735. The minimum atomic E-state index is 0.480. The lowest BCUT2D eigenvalue weighted by atomic mass is 10.2. The van der Waals surface area contributed by atoms with E-state index >= 15 is 0 Å². The van der Waals surface area contributed by atoms with Crippen LogP contribution < -0.4 is 10.5 Å². The fourth-order valence-electron chi connectivity index (χ4n) is 1.69. The number of fused-ring (bicyclic) bond motifs is 1. The molecule has 0 radical (unpaired) electrons. The minimum Gasteiger partial charge on any atom is -0.439 e. The Morgan fingerprint density at radius 2 is 2.11 bits per heavy atom. The molecule has 0 amide bonds. The number of ether oxygens (including phenoxy) is 1. The molecule has 3 aromatic rings. The van der Waals surface area contributed by atoms with Crippen LogP contribution in [0.4, 0.5) is 0 Å². The molecule has 3 N–H and O–H groups in total. The summed E-state index contributed by atoms with van der Waals surface area (Å²) < 4.78 is 5.66. The maximum Gasteiger partial charge on any atom is 0.219 e. The van der Waals surface area contributed by atoms with E-state index in [2.05, 4.69) is 15.2 Å². The summed E-state index contributed by atoms with van der Waals surface area (Å²) in [6, 6.07) is 9.43. The van der Waals surface area contributed by atoms with E-state index in [-0.39, 0.29) is 0 Å². The number of nitrogens with one attached hydrogen (secondary N) is 1. The van der Waals surface area contributed by atoms with Crippen LogP contribution in [-0.2, 0) is 6.54 Å². The van der Waals surface area contributed by atoms with E-state index in [1.54, 1.807) is 18.5 Å². The Kier molecular flexibility index (Phi) is 2.66. The highest BCUT2D eigenvalue weighted by molar-refractivity contribution is 5.79. The van der Waals surface area contributed by atoms with Gasteiger partial charge < -0.3 is 10.5 Å². The van der Waals surface area contributed by atoms with Gasteiger partial charge in [-0.2, -0.15) is 5.10 Å². The van der Waals surface area contributed by atoms with Gasteiger partial charge in [0.2, 0.25) is 5.88 Å². The summed E-state index contributed by atoms with van der Waals surface area (Å²) in [6.07, 6.45) is 3.48. The van der Waals surface area contributed by atoms with E-state index in [4.69, 9.17) is 10.5 Å². The van der Waals surface area contributed by atoms with Crippen LogP contribution in [0.3, 0.4) is 0 Å². The molecule has 18 heavy (non-hydrogen) atoms. The molecule has 0 unspecified atom stereocenters. The van der Waals surface area contributed by atoms with E-state index in [0.29, 0.717) is 12.4 Å².